The van der Waals surface area contributed by atoms with Gasteiger partial charge in [-0.1, -0.05) is 18.2 Å². The van der Waals surface area contributed by atoms with E-state index in [4.69, 9.17) is 18.9 Å². The fourth-order valence-corrected chi connectivity index (χ4v) is 2.02. The highest BCUT2D eigenvalue weighted by molar-refractivity contribution is 6.19. The van der Waals surface area contributed by atoms with E-state index in [1.807, 2.05) is 0 Å². The van der Waals surface area contributed by atoms with Crippen molar-refractivity contribution in [1.29, 1.82) is 0 Å². The molecule has 0 amide bonds. The lowest BCUT2D eigenvalue weighted by Gasteiger charge is -2.13. The highest BCUT2D eigenvalue weighted by atomic mass is 16.6. The molecule has 2 rings (SSSR count). The first kappa shape index (κ1) is 15.4. The Kier molecular flexibility index (Phi) is 4.36. The number of ether oxygens (including phenoxy) is 4. The number of esters is 2. The minimum absolute atomic E-state index is 0.0887. The first-order valence-electron chi connectivity index (χ1n) is 6.20. The zero-order valence-corrected chi connectivity index (χ0v) is 12.2. The van der Waals surface area contributed by atoms with Crippen LogP contribution in [0.4, 0.5) is 0 Å². The van der Waals surface area contributed by atoms with Gasteiger partial charge in [0, 0.05) is 5.56 Å². The molecule has 1 aliphatic heterocycles. The van der Waals surface area contributed by atoms with Gasteiger partial charge in [0.2, 0.25) is 11.5 Å². The molecule has 1 N–H and O–H groups in total. The number of aliphatic hydroxyl groups excluding tert-OH is 1. The van der Waals surface area contributed by atoms with Crippen LogP contribution in [-0.2, 0) is 23.8 Å². The van der Waals surface area contributed by atoms with Gasteiger partial charge >= 0.3 is 11.9 Å². The van der Waals surface area contributed by atoms with Gasteiger partial charge in [0.15, 0.2) is 5.76 Å². The highest BCUT2D eigenvalue weighted by Crippen LogP contribution is 2.36. The number of hydrogen-bond acceptors (Lipinski definition) is 7. The SMILES string of the molecule is COC(=O)C(=C1OC(=O)C(O)=C1OC)c1ccccc1OC. The predicted molar refractivity (Wildman–Crippen MR) is 74.7 cm³/mol. The standard InChI is InChI=1S/C15H14O7/c1-19-9-7-5-4-6-8(9)10(14(17)21-3)12-13(20-2)11(16)15(18)22-12/h4-7,16H,1-3H3. The van der Waals surface area contributed by atoms with Crippen molar-refractivity contribution < 1.29 is 33.6 Å². The fourth-order valence-electron chi connectivity index (χ4n) is 2.02. The Morgan fingerprint density at radius 2 is 1.82 bits per heavy atom. The molecular weight excluding hydrogens is 292 g/mol. The number of benzene rings is 1. The molecule has 0 bridgehead atoms. The second-order valence-electron chi connectivity index (χ2n) is 4.17. The predicted octanol–water partition coefficient (Wildman–Crippen LogP) is 1.55. The number of aliphatic hydroxyl groups is 1. The lowest BCUT2D eigenvalue weighted by Crippen LogP contribution is -2.10. The summed E-state index contributed by atoms with van der Waals surface area (Å²) in [5.41, 5.74) is 0.248. The molecule has 0 unspecified atom stereocenters. The second-order valence-corrected chi connectivity index (χ2v) is 4.17. The van der Waals surface area contributed by atoms with Gasteiger partial charge < -0.3 is 24.1 Å². The summed E-state index contributed by atoms with van der Waals surface area (Å²) in [6, 6.07) is 6.61. The number of rotatable bonds is 4. The van der Waals surface area contributed by atoms with Gasteiger partial charge in [-0.2, -0.15) is 0 Å². The number of methoxy groups -OCH3 is 3. The van der Waals surface area contributed by atoms with E-state index in [1.54, 1.807) is 24.3 Å². The lowest BCUT2D eigenvalue weighted by molar-refractivity contribution is -0.136. The van der Waals surface area contributed by atoms with Crippen molar-refractivity contribution in [3.05, 3.63) is 47.1 Å². The van der Waals surface area contributed by atoms with E-state index in [0.717, 1.165) is 0 Å². The highest BCUT2D eigenvalue weighted by Gasteiger charge is 2.37. The van der Waals surface area contributed by atoms with Gasteiger partial charge in [0.05, 0.1) is 21.3 Å². The van der Waals surface area contributed by atoms with Crippen LogP contribution in [0.15, 0.2) is 41.5 Å². The monoisotopic (exact) mass is 306 g/mol. The maximum Gasteiger partial charge on any atom is 0.383 e. The Hall–Kier alpha value is -2.96. The smallest absolute Gasteiger partial charge is 0.383 e. The number of carbonyl (C=O) groups is 2. The molecule has 0 aliphatic carbocycles. The largest absolute Gasteiger partial charge is 0.499 e. The van der Waals surface area contributed by atoms with Gasteiger partial charge in [-0.25, -0.2) is 9.59 Å². The summed E-state index contributed by atoms with van der Waals surface area (Å²) in [4.78, 5) is 23.7. The van der Waals surface area contributed by atoms with Crippen molar-refractivity contribution in [1.82, 2.24) is 0 Å². The quantitative estimate of drug-likeness (QED) is 0.666. The van der Waals surface area contributed by atoms with Crippen LogP contribution in [0.2, 0.25) is 0 Å². The molecule has 116 valence electrons. The first-order valence-corrected chi connectivity index (χ1v) is 6.20. The summed E-state index contributed by atoms with van der Waals surface area (Å²) >= 11 is 0. The van der Waals surface area contributed by atoms with Crippen LogP contribution < -0.4 is 4.74 Å². The van der Waals surface area contributed by atoms with E-state index >= 15 is 0 Å². The number of carbonyl (C=O) groups excluding carboxylic acids is 2. The van der Waals surface area contributed by atoms with Crippen molar-refractivity contribution >= 4 is 17.5 Å². The van der Waals surface area contributed by atoms with Gasteiger partial charge in [0.25, 0.3) is 0 Å². The summed E-state index contributed by atoms with van der Waals surface area (Å²) in [5.74, 6) is -2.58. The summed E-state index contributed by atoms with van der Waals surface area (Å²) in [7, 11) is 3.86. The molecule has 0 saturated heterocycles. The second kappa shape index (κ2) is 6.21. The molecule has 0 saturated carbocycles. The molecule has 0 spiro atoms. The normalized spacial score (nSPS) is 16.2. The van der Waals surface area contributed by atoms with Gasteiger partial charge in [0.1, 0.15) is 11.3 Å². The Labute approximate surface area is 126 Å². The molecule has 7 nitrogen and oxygen atoms in total. The van der Waals surface area contributed by atoms with Crippen LogP contribution >= 0.6 is 0 Å². The Bertz CT molecular complexity index is 685. The van der Waals surface area contributed by atoms with Crippen LogP contribution in [0.1, 0.15) is 5.56 Å². The van der Waals surface area contributed by atoms with Crippen LogP contribution in [0, 0.1) is 0 Å². The van der Waals surface area contributed by atoms with Crippen LogP contribution in [-0.4, -0.2) is 38.4 Å². The summed E-state index contributed by atoms with van der Waals surface area (Å²) in [6.45, 7) is 0. The van der Waals surface area contributed by atoms with Crippen LogP contribution in [0.3, 0.4) is 0 Å². The van der Waals surface area contributed by atoms with Crippen molar-refractivity contribution in [2.24, 2.45) is 0 Å². The van der Waals surface area contributed by atoms with E-state index in [1.165, 1.54) is 21.3 Å². The van der Waals surface area contributed by atoms with Crippen LogP contribution in [0.5, 0.6) is 5.75 Å². The van der Waals surface area contributed by atoms with Crippen molar-refractivity contribution in [2.75, 3.05) is 21.3 Å². The van der Waals surface area contributed by atoms with E-state index in [0.29, 0.717) is 11.3 Å². The first-order chi connectivity index (χ1) is 10.5. The molecule has 22 heavy (non-hydrogen) atoms. The fraction of sp³-hybridized carbons (Fsp3) is 0.200. The minimum atomic E-state index is -1.01. The maximum absolute atomic E-state index is 12.2. The number of cyclic esters (lactones) is 1. The van der Waals surface area contributed by atoms with E-state index < -0.39 is 17.7 Å². The van der Waals surface area contributed by atoms with Gasteiger partial charge in [-0.05, 0) is 6.07 Å². The third-order valence-corrected chi connectivity index (χ3v) is 3.01. The molecule has 1 aromatic rings. The van der Waals surface area contributed by atoms with Crippen molar-refractivity contribution in [3.63, 3.8) is 0 Å². The van der Waals surface area contributed by atoms with Gasteiger partial charge in [-0.15, -0.1) is 0 Å². The maximum atomic E-state index is 12.2. The molecule has 7 heteroatoms. The molecule has 0 radical (unpaired) electrons. The summed E-state index contributed by atoms with van der Waals surface area (Å²) in [5, 5.41) is 9.67. The van der Waals surface area contributed by atoms with E-state index in [9.17, 15) is 14.7 Å². The summed E-state index contributed by atoms with van der Waals surface area (Å²) in [6.07, 6.45) is 0. The molecule has 1 aromatic carbocycles. The molecule has 0 aromatic heterocycles. The van der Waals surface area contributed by atoms with Gasteiger partial charge in [-0.3, -0.25) is 0 Å². The number of hydrogen-bond donors (Lipinski definition) is 1. The molecule has 0 atom stereocenters. The average molecular weight is 306 g/mol. The average Bonchev–Trinajstić information content (AvgIpc) is 2.82. The third kappa shape index (κ3) is 2.48. The Morgan fingerprint density at radius 1 is 1.14 bits per heavy atom. The van der Waals surface area contributed by atoms with E-state index in [-0.39, 0.29) is 17.1 Å². The van der Waals surface area contributed by atoms with Crippen LogP contribution in [0.25, 0.3) is 5.57 Å². The topological polar surface area (TPSA) is 91.3 Å². The molecule has 1 heterocycles. The lowest BCUT2D eigenvalue weighted by atomic mass is 10.0. The molecule has 1 aliphatic rings. The van der Waals surface area contributed by atoms with E-state index in [2.05, 4.69) is 0 Å². The van der Waals surface area contributed by atoms with Crippen molar-refractivity contribution in [2.45, 2.75) is 0 Å². The van der Waals surface area contributed by atoms with Crippen molar-refractivity contribution in [3.8, 4) is 5.75 Å². The molecule has 0 fully saturated rings. The zero-order chi connectivity index (χ0) is 16.3. The Balaban J connectivity index is 2.75. The zero-order valence-electron chi connectivity index (χ0n) is 12.2. The third-order valence-electron chi connectivity index (χ3n) is 3.01. The minimum Gasteiger partial charge on any atom is -0.499 e. The summed E-state index contributed by atoms with van der Waals surface area (Å²) < 4.78 is 19.8. The number of para-hydroxylation sites is 1. The Morgan fingerprint density at radius 3 is 2.41 bits per heavy atom. The molecular formula is C15H14O7.